The third kappa shape index (κ3) is 3.09. The zero-order chi connectivity index (χ0) is 15.7. The van der Waals surface area contributed by atoms with E-state index in [1.165, 1.54) is 6.07 Å². The largest absolute Gasteiger partial charge is 0.434 e. The summed E-state index contributed by atoms with van der Waals surface area (Å²) in [6, 6.07) is 3.41. The average Bonchev–Trinajstić information content (AvgIpc) is 2.84. The van der Waals surface area contributed by atoms with Crippen molar-refractivity contribution in [3.8, 4) is 5.75 Å². The highest BCUT2D eigenvalue weighted by Crippen LogP contribution is 2.26. The van der Waals surface area contributed by atoms with Crippen molar-refractivity contribution in [3.63, 3.8) is 0 Å². The molecule has 7 heteroatoms. The van der Waals surface area contributed by atoms with E-state index >= 15 is 0 Å². The monoisotopic (exact) mass is 312 g/mol. The number of rotatable bonds is 4. The molecule has 0 spiro atoms. The first-order valence-electron chi connectivity index (χ1n) is 6.98. The van der Waals surface area contributed by atoms with E-state index in [4.69, 9.17) is 0 Å². The summed E-state index contributed by atoms with van der Waals surface area (Å²) >= 11 is 0. The van der Waals surface area contributed by atoms with Crippen molar-refractivity contribution in [1.29, 1.82) is 0 Å². The van der Waals surface area contributed by atoms with Crippen LogP contribution in [-0.4, -0.2) is 27.6 Å². The summed E-state index contributed by atoms with van der Waals surface area (Å²) in [7, 11) is 0. The fraction of sp³-hybridized carbons (Fsp3) is 0.400. The van der Waals surface area contributed by atoms with Gasteiger partial charge in [-0.3, -0.25) is 4.68 Å². The molecular weight excluding hydrogens is 297 g/mol. The fourth-order valence-electron chi connectivity index (χ4n) is 2.72. The molecule has 1 aromatic heterocycles. The van der Waals surface area contributed by atoms with Crippen molar-refractivity contribution < 1.29 is 23.0 Å². The molecular formula is C15H15F3N2O2. The Hall–Kier alpha value is -2.02. The molecule has 0 aliphatic heterocycles. The number of fused-ring (bicyclic) bond motifs is 1. The smallest absolute Gasteiger partial charge is 0.387 e. The lowest BCUT2D eigenvalue weighted by Gasteiger charge is -2.19. The van der Waals surface area contributed by atoms with Crippen molar-refractivity contribution in [2.75, 3.05) is 0 Å². The summed E-state index contributed by atoms with van der Waals surface area (Å²) in [6.45, 7) is -2.86. The van der Waals surface area contributed by atoms with Crippen LogP contribution in [0.15, 0.2) is 24.4 Å². The number of ether oxygens (including phenoxy) is 1. The van der Waals surface area contributed by atoms with Gasteiger partial charge >= 0.3 is 6.61 Å². The molecule has 0 saturated heterocycles. The molecule has 1 atom stereocenters. The van der Waals surface area contributed by atoms with Crippen LogP contribution in [0.4, 0.5) is 13.2 Å². The van der Waals surface area contributed by atoms with Crippen molar-refractivity contribution in [3.05, 3.63) is 47.0 Å². The average molecular weight is 312 g/mol. The molecule has 118 valence electrons. The lowest BCUT2D eigenvalue weighted by atomic mass is 9.95. The number of aliphatic hydroxyl groups excluding tert-OH is 1. The molecule has 1 unspecified atom stereocenters. The van der Waals surface area contributed by atoms with Crippen molar-refractivity contribution in [2.24, 2.45) is 0 Å². The summed E-state index contributed by atoms with van der Waals surface area (Å²) in [5.41, 5.74) is 2.16. The van der Waals surface area contributed by atoms with Crippen LogP contribution in [0.1, 0.15) is 23.2 Å². The van der Waals surface area contributed by atoms with Crippen LogP contribution in [-0.2, 0) is 19.4 Å². The second-order valence-corrected chi connectivity index (χ2v) is 5.30. The minimum Gasteiger partial charge on any atom is -0.434 e. The highest BCUT2D eigenvalue weighted by atomic mass is 19.3. The molecule has 1 aromatic carbocycles. The molecule has 0 bridgehead atoms. The highest BCUT2D eigenvalue weighted by Gasteiger charge is 2.22. The van der Waals surface area contributed by atoms with Gasteiger partial charge in [-0.05, 0) is 36.6 Å². The van der Waals surface area contributed by atoms with Crippen LogP contribution in [0.2, 0.25) is 0 Å². The number of nitrogens with zero attached hydrogens (tertiary/aromatic N) is 2. The van der Waals surface area contributed by atoms with Crippen LogP contribution in [0.5, 0.6) is 5.75 Å². The Balaban J connectivity index is 1.90. The molecule has 0 saturated carbocycles. The van der Waals surface area contributed by atoms with Gasteiger partial charge in [0.25, 0.3) is 0 Å². The number of aromatic nitrogens is 2. The molecule has 0 radical (unpaired) electrons. The van der Waals surface area contributed by atoms with Gasteiger partial charge in [0.1, 0.15) is 11.6 Å². The lowest BCUT2D eigenvalue weighted by Crippen LogP contribution is -2.21. The van der Waals surface area contributed by atoms with Gasteiger partial charge in [0, 0.05) is 17.7 Å². The maximum atomic E-state index is 13.4. The first kappa shape index (κ1) is 14.9. The second kappa shape index (κ2) is 6.00. The van der Waals surface area contributed by atoms with E-state index in [0.29, 0.717) is 12.8 Å². The van der Waals surface area contributed by atoms with Gasteiger partial charge in [0.05, 0.1) is 18.8 Å². The standard InChI is InChI=1S/C15H15F3N2O2/c16-11-2-4-14(22-15(17)18)10(5-11)8-20-13-6-12(21)3-1-9(13)7-19-20/h2,4-5,7,12,15,21H,1,3,6,8H2. The molecule has 2 aromatic rings. The van der Waals surface area contributed by atoms with Gasteiger partial charge < -0.3 is 9.84 Å². The molecule has 22 heavy (non-hydrogen) atoms. The normalized spacial score (nSPS) is 17.6. The van der Waals surface area contributed by atoms with Gasteiger partial charge in [-0.25, -0.2) is 4.39 Å². The van der Waals surface area contributed by atoms with Crippen LogP contribution in [0, 0.1) is 5.82 Å². The SMILES string of the molecule is OC1CCc2cnn(Cc3cc(F)ccc3OC(F)F)c2C1. The molecule has 1 aliphatic rings. The predicted molar refractivity (Wildman–Crippen MR) is 72.4 cm³/mol. The minimum atomic E-state index is -2.97. The zero-order valence-corrected chi connectivity index (χ0v) is 11.7. The van der Waals surface area contributed by atoms with Gasteiger partial charge in [-0.1, -0.05) is 0 Å². The third-order valence-electron chi connectivity index (χ3n) is 3.77. The van der Waals surface area contributed by atoms with E-state index in [9.17, 15) is 18.3 Å². The third-order valence-corrected chi connectivity index (χ3v) is 3.77. The summed E-state index contributed by atoms with van der Waals surface area (Å²) in [6.07, 6.45) is 3.12. The van der Waals surface area contributed by atoms with Crippen molar-refractivity contribution in [1.82, 2.24) is 9.78 Å². The Bertz CT molecular complexity index is 673. The van der Waals surface area contributed by atoms with E-state index in [1.807, 2.05) is 0 Å². The Morgan fingerprint density at radius 2 is 2.23 bits per heavy atom. The first-order valence-corrected chi connectivity index (χ1v) is 6.98. The Kier molecular flexibility index (Phi) is 4.06. The fourth-order valence-corrected chi connectivity index (χ4v) is 2.72. The van der Waals surface area contributed by atoms with Gasteiger partial charge in [-0.15, -0.1) is 0 Å². The quantitative estimate of drug-likeness (QED) is 0.944. The summed E-state index contributed by atoms with van der Waals surface area (Å²) in [5.74, 6) is -0.602. The number of benzene rings is 1. The van der Waals surface area contributed by atoms with Crippen LogP contribution in [0.25, 0.3) is 0 Å². The molecule has 0 fully saturated rings. The van der Waals surface area contributed by atoms with Crippen LogP contribution >= 0.6 is 0 Å². The molecule has 4 nitrogen and oxygen atoms in total. The molecule has 1 aliphatic carbocycles. The van der Waals surface area contributed by atoms with Gasteiger partial charge in [0.15, 0.2) is 0 Å². The maximum Gasteiger partial charge on any atom is 0.387 e. The van der Waals surface area contributed by atoms with E-state index in [1.54, 1.807) is 10.9 Å². The van der Waals surface area contributed by atoms with Crippen LogP contribution in [0.3, 0.4) is 0 Å². The van der Waals surface area contributed by atoms with E-state index in [-0.39, 0.29) is 17.9 Å². The van der Waals surface area contributed by atoms with E-state index in [2.05, 4.69) is 9.84 Å². The number of aryl methyl sites for hydroxylation is 1. The highest BCUT2D eigenvalue weighted by molar-refractivity contribution is 5.35. The van der Waals surface area contributed by atoms with Crippen molar-refractivity contribution >= 4 is 0 Å². The summed E-state index contributed by atoms with van der Waals surface area (Å²) in [4.78, 5) is 0. The zero-order valence-electron chi connectivity index (χ0n) is 11.7. The van der Waals surface area contributed by atoms with Crippen LogP contribution < -0.4 is 4.74 Å². The number of aliphatic hydroxyl groups is 1. The molecule has 1 N–H and O–H groups in total. The molecule has 1 heterocycles. The van der Waals surface area contributed by atoms with E-state index in [0.717, 1.165) is 29.8 Å². The maximum absolute atomic E-state index is 13.4. The Morgan fingerprint density at radius 3 is 3.00 bits per heavy atom. The van der Waals surface area contributed by atoms with Gasteiger partial charge in [-0.2, -0.15) is 13.9 Å². The first-order chi connectivity index (χ1) is 10.5. The van der Waals surface area contributed by atoms with Gasteiger partial charge in [0.2, 0.25) is 0 Å². The number of halogens is 3. The summed E-state index contributed by atoms with van der Waals surface area (Å²) in [5, 5.41) is 14.0. The number of hydrogen-bond donors (Lipinski definition) is 1. The second-order valence-electron chi connectivity index (χ2n) is 5.30. The predicted octanol–water partition coefficient (Wildman–Crippen LogP) is 2.52. The Morgan fingerprint density at radius 1 is 1.41 bits per heavy atom. The minimum absolute atomic E-state index is 0.0722. The number of alkyl halides is 2. The van der Waals surface area contributed by atoms with Crippen molar-refractivity contribution in [2.45, 2.75) is 38.5 Å². The number of hydrogen-bond acceptors (Lipinski definition) is 3. The Labute approximate surface area is 125 Å². The van der Waals surface area contributed by atoms with E-state index < -0.39 is 18.5 Å². The molecule has 0 amide bonds. The summed E-state index contributed by atoms with van der Waals surface area (Å²) < 4.78 is 44.3. The molecule has 3 rings (SSSR count). The topological polar surface area (TPSA) is 47.3 Å². The lowest BCUT2D eigenvalue weighted by molar-refractivity contribution is -0.0505.